The van der Waals surface area contributed by atoms with Gasteiger partial charge in [0.2, 0.25) is 6.79 Å². The molecule has 3 rings (SSSR count). The van der Waals surface area contributed by atoms with Crippen LogP contribution in [0.25, 0.3) is 0 Å². The van der Waals surface area contributed by atoms with E-state index < -0.39 is 0 Å². The van der Waals surface area contributed by atoms with Gasteiger partial charge < -0.3 is 19.5 Å². The van der Waals surface area contributed by atoms with Gasteiger partial charge in [-0.25, -0.2) is 0 Å². The summed E-state index contributed by atoms with van der Waals surface area (Å²) < 4.78 is 10.6. The van der Waals surface area contributed by atoms with Crippen LogP contribution in [0.15, 0.2) is 42.5 Å². The number of fused-ring (bicyclic) bond motifs is 1. The van der Waals surface area contributed by atoms with Crippen molar-refractivity contribution >= 4 is 5.69 Å². The highest BCUT2D eigenvalue weighted by Gasteiger charge is 2.17. The SMILES string of the molecule is CN(Cc1cc2c(cc1O)OCO2)c1ccccc1. The maximum atomic E-state index is 10.0. The summed E-state index contributed by atoms with van der Waals surface area (Å²) in [5, 5.41) is 10.0. The fraction of sp³-hybridized carbons (Fsp3) is 0.200. The highest BCUT2D eigenvalue weighted by Crippen LogP contribution is 2.38. The van der Waals surface area contributed by atoms with Gasteiger partial charge in [0, 0.05) is 30.9 Å². The summed E-state index contributed by atoms with van der Waals surface area (Å²) in [5.41, 5.74) is 1.91. The van der Waals surface area contributed by atoms with Gasteiger partial charge in [0.1, 0.15) is 5.75 Å². The van der Waals surface area contributed by atoms with E-state index in [0.717, 1.165) is 11.3 Å². The first-order valence-corrected chi connectivity index (χ1v) is 6.12. The van der Waals surface area contributed by atoms with Crippen molar-refractivity contribution in [3.8, 4) is 17.2 Å². The minimum Gasteiger partial charge on any atom is -0.507 e. The van der Waals surface area contributed by atoms with Crippen LogP contribution in [0.1, 0.15) is 5.56 Å². The van der Waals surface area contributed by atoms with Gasteiger partial charge in [-0.2, -0.15) is 0 Å². The molecule has 98 valence electrons. The van der Waals surface area contributed by atoms with E-state index in [1.807, 2.05) is 43.4 Å². The summed E-state index contributed by atoms with van der Waals surface area (Å²) in [7, 11) is 1.99. The molecule has 0 fully saturated rings. The standard InChI is InChI=1S/C15H15NO3/c1-16(12-5-3-2-4-6-12)9-11-7-14-15(8-13(11)17)19-10-18-14/h2-8,17H,9-10H2,1H3. The molecule has 1 aliphatic heterocycles. The lowest BCUT2D eigenvalue weighted by Crippen LogP contribution is -2.16. The van der Waals surface area contributed by atoms with Gasteiger partial charge in [0.25, 0.3) is 0 Å². The number of ether oxygens (including phenoxy) is 2. The zero-order chi connectivity index (χ0) is 13.2. The first-order valence-electron chi connectivity index (χ1n) is 6.12. The molecule has 0 saturated carbocycles. The zero-order valence-corrected chi connectivity index (χ0v) is 10.7. The van der Waals surface area contributed by atoms with Crippen LogP contribution in [0.2, 0.25) is 0 Å². The molecule has 1 aliphatic rings. The molecule has 1 N–H and O–H groups in total. The number of rotatable bonds is 3. The van der Waals surface area contributed by atoms with Crippen molar-refractivity contribution in [2.45, 2.75) is 6.54 Å². The van der Waals surface area contributed by atoms with Crippen LogP contribution in [0.4, 0.5) is 5.69 Å². The Balaban J connectivity index is 1.84. The Hall–Kier alpha value is -2.36. The molecule has 0 bridgehead atoms. The number of nitrogens with zero attached hydrogens (tertiary/aromatic N) is 1. The van der Waals surface area contributed by atoms with E-state index in [1.54, 1.807) is 6.07 Å². The summed E-state index contributed by atoms with van der Waals surface area (Å²) in [6, 6.07) is 13.5. The Morgan fingerprint density at radius 2 is 1.79 bits per heavy atom. The van der Waals surface area contributed by atoms with Crippen LogP contribution in [-0.2, 0) is 6.54 Å². The fourth-order valence-corrected chi connectivity index (χ4v) is 2.13. The van der Waals surface area contributed by atoms with Crippen LogP contribution in [-0.4, -0.2) is 18.9 Å². The smallest absolute Gasteiger partial charge is 0.231 e. The summed E-state index contributed by atoms with van der Waals surface area (Å²) in [6.07, 6.45) is 0. The largest absolute Gasteiger partial charge is 0.507 e. The lowest BCUT2D eigenvalue weighted by atomic mass is 10.1. The van der Waals surface area contributed by atoms with Gasteiger partial charge in [-0.05, 0) is 18.2 Å². The lowest BCUT2D eigenvalue weighted by Gasteiger charge is -2.20. The molecular weight excluding hydrogens is 242 g/mol. The number of benzene rings is 2. The molecule has 0 atom stereocenters. The molecule has 1 heterocycles. The van der Waals surface area contributed by atoms with Crippen molar-refractivity contribution < 1.29 is 14.6 Å². The van der Waals surface area contributed by atoms with Gasteiger partial charge in [-0.1, -0.05) is 18.2 Å². The predicted octanol–water partition coefficient (Wildman–Crippen LogP) is 2.76. The lowest BCUT2D eigenvalue weighted by molar-refractivity contribution is 0.174. The summed E-state index contributed by atoms with van der Waals surface area (Å²) in [4.78, 5) is 2.07. The predicted molar refractivity (Wildman–Crippen MR) is 72.8 cm³/mol. The minimum atomic E-state index is 0.215. The molecule has 0 aromatic heterocycles. The van der Waals surface area contributed by atoms with Crippen LogP contribution in [0.5, 0.6) is 17.2 Å². The van der Waals surface area contributed by atoms with Crippen LogP contribution < -0.4 is 14.4 Å². The Morgan fingerprint density at radius 1 is 1.11 bits per heavy atom. The molecule has 0 spiro atoms. The molecule has 0 aliphatic carbocycles. The van der Waals surface area contributed by atoms with E-state index in [9.17, 15) is 5.11 Å². The van der Waals surface area contributed by atoms with E-state index in [4.69, 9.17) is 9.47 Å². The maximum Gasteiger partial charge on any atom is 0.231 e. The molecule has 2 aromatic rings. The van der Waals surface area contributed by atoms with Crippen molar-refractivity contribution in [1.29, 1.82) is 0 Å². The van der Waals surface area contributed by atoms with E-state index in [1.165, 1.54) is 0 Å². The average Bonchev–Trinajstić information content (AvgIpc) is 2.87. The number of hydrogen-bond donors (Lipinski definition) is 1. The minimum absolute atomic E-state index is 0.215. The molecule has 4 heteroatoms. The highest BCUT2D eigenvalue weighted by atomic mass is 16.7. The number of aromatic hydroxyl groups is 1. The summed E-state index contributed by atoms with van der Waals surface area (Å²) in [5.74, 6) is 1.52. The third kappa shape index (κ3) is 2.29. The van der Waals surface area contributed by atoms with Gasteiger partial charge in [-0.3, -0.25) is 0 Å². The van der Waals surface area contributed by atoms with Gasteiger partial charge >= 0.3 is 0 Å². The fourth-order valence-electron chi connectivity index (χ4n) is 2.13. The van der Waals surface area contributed by atoms with Crippen molar-refractivity contribution in [3.05, 3.63) is 48.0 Å². The van der Waals surface area contributed by atoms with E-state index >= 15 is 0 Å². The second-order valence-corrected chi connectivity index (χ2v) is 4.53. The molecule has 19 heavy (non-hydrogen) atoms. The third-order valence-corrected chi connectivity index (χ3v) is 3.18. The van der Waals surface area contributed by atoms with E-state index in [-0.39, 0.29) is 12.5 Å². The molecule has 0 unspecified atom stereocenters. The topological polar surface area (TPSA) is 41.9 Å². The maximum absolute atomic E-state index is 10.0. The Kier molecular flexibility index (Phi) is 2.91. The molecular formula is C15H15NO3. The number of hydrogen-bond acceptors (Lipinski definition) is 4. The summed E-state index contributed by atoms with van der Waals surface area (Å²) in [6.45, 7) is 0.819. The Bertz CT molecular complexity index is 583. The van der Waals surface area contributed by atoms with Crippen molar-refractivity contribution in [2.24, 2.45) is 0 Å². The van der Waals surface area contributed by atoms with Gasteiger partial charge in [0.15, 0.2) is 11.5 Å². The third-order valence-electron chi connectivity index (χ3n) is 3.18. The first-order chi connectivity index (χ1) is 9.24. The van der Waals surface area contributed by atoms with Crippen molar-refractivity contribution in [3.63, 3.8) is 0 Å². The van der Waals surface area contributed by atoms with Gasteiger partial charge in [-0.15, -0.1) is 0 Å². The van der Waals surface area contributed by atoms with E-state index in [2.05, 4.69) is 4.90 Å². The average molecular weight is 257 g/mol. The van der Waals surface area contributed by atoms with E-state index in [0.29, 0.717) is 18.0 Å². The van der Waals surface area contributed by atoms with Crippen LogP contribution >= 0.6 is 0 Å². The molecule has 0 saturated heterocycles. The number of phenols is 1. The number of para-hydroxylation sites is 1. The number of phenolic OH excluding ortho intramolecular Hbond substituents is 1. The normalized spacial score (nSPS) is 12.5. The second-order valence-electron chi connectivity index (χ2n) is 4.53. The quantitative estimate of drug-likeness (QED) is 0.918. The molecule has 4 nitrogen and oxygen atoms in total. The van der Waals surface area contributed by atoms with Gasteiger partial charge in [0.05, 0.1) is 0 Å². The van der Waals surface area contributed by atoms with Crippen LogP contribution in [0.3, 0.4) is 0 Å². The first kappa shape index (κ1) is 11.7. The zero-order valence-electron chi connectivity index (χ0n) is 10.7. The van der Waals surface area contributed by atoms with Crippen LogP contribution in [0, 0.1) is 0 Å². The highest BCUT2D eigenvalue weighted by molar-refractivity contribution is 5.53. The van der Waals surface area contributed by atoms with Crippen molar-refractivity contribution in [2.75, 3.05) is 18.7 Å². The molecule has 0 amide bonds. The molecule has 2 aromatic carbocycles. The Labute approximate surface area is 111 Å². The number of anilines is 1. The monoisotopic (exact) mass is 257 g/mol. The second kappa shape index (κ2) is 4.72. The molecule has 0 radical (unpaired) electrons. The Morgan fingerprint density at radius 3 is 2.53 bits per heavy atom. The summed E-state index contributed by atoms with van der Waals surface area (Å²) >= 11 is 0. The van der Waals surface area contributed by atoms with Crippen molar-refractivity contribution in [1.82, 2.24) is 0 Å².